The summed E-state index contributed by atoms with van der Waals surface area (Å²) in [5.41, 5.74) is 2.84. The number of carbonyl (C=O) groups excluding carboxylic acids is 1. The molecule has 0 bridgehead atoms. The van der Waals surface area contributed by atoms with Crippen molar-refractivity contribution in [1.29, 1.82) is 0 Å². The number of pyridine rings is 1. The summed E-state index contributed by atoms with van der Waals surface area (Å²) in [6.07, 6.45) is 5.97. The smallest absolute Gasteiger partial charge is 0.405 e. The van der Waals surface area contributed by atoms with Gasteiger partial charge in [-0.25, -0.2) is 4.79 Å². The topological polar surface area (TPSA) is 91.3 Å². The molecule has 3 rings (SSSR count). The molecule has 2 atom stereocenters. The number of amides is 2. The molecule has 0 radical (unpaired) electrons. The highest BCUT2D eigenvalue weighted by molar-refractivity contribution is 5.86. The van der Waals surface area contributed by atoms with Crippen LogP contribution in [-0.4, -0.2) is 34.2 Å². The molecule has 0 saturated carbocycles. The van der Waals surface area contributed by atoms with Gasteiger partial charge >= 0.3 is 6.09 Å². The normalized spacial score (nSPS) is 12.8. The predicted molar refractivity (Wildman–Crippen MR) is 125 cm³/mol. The lowest BCUT2D eigenvalue weighted by Crippen LogP contribution is -2.50. The molecular weight excluding hydrogens is 402 g/mol. The lowest BCUT2D eigenvalue weighted by atomic mass is 10.0. The van der Waals surface area contributed by atoms with E-state index in [1.54, 1.807) is 6.20 Å². The van der Waals surface area contributed by atoms with Crippen LogP contribution in [0.25, 0.3) is 6.08 Å². The summed E-state index contributed by atoms with van der Waals surface area (Å²) < 4.78 is 0. The van der Waals surface area contributed by atoms with Crippen LogP contribution in [0.1, 0.15) is 23.2 Å². The van der Waals surface area contributed by atoms with Crippen molar-refractivity contribution in [2.24, 2.45) is 0 Å². The molecule has 6 nitrogen and oxygen atoms in total. The molecule has 0 aliphatic carbocycles. The minimum Gasteiger partial charge on any atom is -0.465 e. The molecule has 32 heavy (non-hydrogen) atoms. The summed E-state index contributed by atoms with van der Waals surface area (Å²) in [6.45, 7) is 0. The van der Waals surface area contributed by atoms with Crippen molar-refractivity contribution < 1.29 is 14.7 Å². The van der Waals surface area contributed by atoms with Gasteiger partial charge in [-0.1, -0.05) is 72.8 Å². The number of benzene rings is 2. The van der Waals surface area contributed by atoms with E-state index in [2.05, 4.69) is 15.6 Å². The quantitative estimate of drug-likeness (QED) is 0.453. The van der Waals surface area contributed by atoms with Crippen molar-refractivity contribution in [3.05, 3.63) is 108 Å². The zero-order valence-electron chi connectivity index (χ0n) is 17.7. The third kappa shape index (κ3) is 7.72. The number of hydrogen-bond acceptors (Lipinski definition) is 3. The van der Waals surface area contributed by atoms with E-state index in [1.165, 1.54) is 5.56 Å². The van der Waals surface area contributed by atoms with Crippen LogP contribution in [0.4, 0.5) is 4.79 Å². The number of carbonyl (C=O) groups is 2. The molecule has 164 valence electrons. The molecular formula is C26H27N3O3. The first-order valence-corrected chi connectivity index (χ1v) is 10.6. The number of nitrogens with one attached hydrogen (secondary N) is 2. The molecule has 0 fully saturated rings. The van der Waals surface area contributed by atoms with Gasteiger partial charge in [0.05, 0.1) is 5.69 Å². The van der Waals surface area contributed by atoms with Gasteiger partial charge in [0.15, 0.2) is 0 Å². The Morgan fingerprint density at radius 3 is 2.16 bits per heavy atom. The van der Waals surface area contributed by atoms with E-state index < -0.39 is 12.1 Å². The second-order valence-electron chi connectivity index (χ2n) is 7.44. The Morgan fingerprint density at radius 2 is 1.53 bits per heavy atom. The number of hydrogen-bond donors (Lipinski definition) is 3. The summed E-state index contributed by atoms with van der Waals surface area (Å²) in [5, 5.41) is 14.6. The van der Waals surface area contributed by atoms with Crippen molar-refractivity contribution in [2.75, 3.05) is 0 Å². The first-order chi connectivity index (χ1) is 15.6. The minimum atomic E-state index is -1.23. The maximum absolute atomic E-state index is 13.0. The number of aryl methyl sites for hydroxylation is 1. The van der Waals surface area contributed by atoms with E-state index in [0.717, 1.165) is 17.7 Å². The Morgan fingerprint density at radius 1 is 0.875 bits per heavy atom. The van der Waals surface area contributed by atoms with Gasteiger partial charge in [0.2, 0.25) is 5.91 Å². The number of nitrogens with zero attached hydrogens (tertiary/aromatic N) is 1. The van der Waals surface area contributed by atoms with Crippen LogP contribution in [0.2, 0.25) is 0 Å². The van der Waals surface area contributed by atoms with Crippen LogP contribution < -0.4 is 10.6 Å². The number of aromatic nitrogens is 1. The van der Waals surface area contributed by atoms with Gasteiger partial charge in [0, 0.05) is 18.7 Å². The van der Waals surface area contributed by atoms with E-state index in [9.17, 15) is 14.7 Å². The van der Waals surface area contributed by atoms with Crippen molar-refractivity contribution >= 4 is 18.1 Å². The predicted octanol–water partition coefficient (Wildman–Crippen LogP) is 4.09. The monoisotopic (exact) mass is 429 g/mol. The Balaban J connectivity index is 1.72. The molecule has 3 aromatic rings. The second-order valence-corrected chi connectivity index (χ2v) is 7.44. The number of carboxylic acid groups (broad SMARTS) is 1. The van der Waals surface area contributed by atoms with E-state index in [-0.39, 0.29) is 18.4 Å². The average Bonchev–Trinajstić information content (AvgIpc) is 2.82. The third-order valence-electron chi connectivity index (χ3n) is 5.00. The molecule has 2 amide bonds. The fraction of sp³-hybridized carbons (Fsp3) is 0.192. The first-order valence-electron chi connectivity index (χ1n) is 10.6. The molecule has 0 spiro atoms. The van der Waals surface area contributed by atoms with Crippen molar-refractivity contribution in [3.8, 4) is 0 Å². The van der Waals surface area contributed by atoms with Crippen LogP contribution >= 0.6 is 0 Å². The molecule has 6 heteroatoms. The van der Waals surface area contributed by atoms with Crippen LogP contribution in [0.15, 0.2) is 91.1 Å². The summed E-state index contributed by atoms with van der Waals surface area (Å²) >= 11 is 0. The SMILES string of the molecule is O=C(O)NC(Cc1ccccc1)C(=O)NC(/C=C/c1ccccn1)CCc1ccccc1. The highest BCUT2D eigenvalue weighted by atomic mass is 16.4. The van der Waals surface area contributed by atoms with Crippen LogP contribution in [0.5, 0.6) is 0 Å². The van der Waals surface area contributed by atoms with Gasteiger partial charge in [-0.05, 0) is 42.2 Å². The Hall–Kier alpha value is -3.93. The van der Waals surface area contributed by atoms with E-state index in [1.807, 2.05) is 91.0 Å². The van der Waals surface area contributed by atoms with Gasteiger partial charge in [-0.3, -0.25) is 9.78 Å². The summed E-state index contributed by atoms with van der Waals surface area (Å²) in [5.74, 6) is -0.361. The molecule has 0 aliphatic heterocycles. The standard InChI is InChI=1S/C26H27N3O3/c30-25(24(29-26(31)32)19-21-11-5-2-6-12-21)28-23(15-14-20-9-3-1-4-10-20)17-16-22-13-7-8-18-27-22/h1-13,16-18,23-24,29H,14-15,19H2,(H,28,30)(H,31,32)/b17-16+. The summed E-state index contributed by atoms with van der Waals surface area (Å²) in [6, 6.07) is 23.8. The second kappa shape index (κ2) is 12.1. The fourth-order valence-electron chi connectivity index (χ4n) is 3.36. The maximum Gasteiger partial charge on any atom is 0.405 e. The molecule has 3 N–H and O–H groups in total. The highest BCUT2D eigenvalue weighted by Crippen LogP contribution is 2.09. The third-order valence-corrected chi connectivity index (χ3v) is 5.00. The van der Waals surface area contributed by atoms with E-state index in [4.69, 9.17) is 0 Å². The lowest BCUT2D eigenvalue weighted by molar-refractivity contribution is -0.123. The minimum absolute atomic E-state index is 0.272. The van der Waals surface area contributed by atoms with Crippen molar-refractivity contribution in [1.82, 2.24) is 15.6 Å². The molecule has 2 aromatic carbocycles. The molecule has 1 aromatic heterocycles. The van der Waals surface area contributed by atoms with Crippen LogP contribution in [0, 0.1) is 0 Å². The average molecular weight is 430 g/mol. The van der Waals surface area contributed by atoms with Crippen LogP contribution in [-0.2, 0) is 17.6 Å². The van der Waals surface area contributed by atoms with Gasteiger partial charge in [-0.15, -0.1) is 0 Å². The first kappa shape index (κ1) is 22.7. The molecule has 0 saturated heterocycles. The maximum atomic E-state index is 13.0. The van der Waals surface area contributed by atoms with Gasteiger partial charge in [0.25, 0.3) is 0 Å². The van der Waals surface area contributed by atoms with E-state index in [0.29, 0.717) is 6.42 Å². The zero-order valence-corrected chi connectivity index (χ0v) is 17.7. The molecule has 0 aliphatic rings. The molecule has 1 heterocycles. The van der Waals surface area contributed by atoms with Gasteiger partial charge in [0.1, 0.15) is 6.04 Å². The van der Waals surface area contributed by atoms with Gasteiger partial charge in [-0.2, -0.15) is 0 Å². The van der Waals surface area contributed by atoms with Gasteiger partial charge < -0.3 is 15.7 Å². The van der Waals surface area contributed by atoms with Crippen molar-refractivity contribution in [2.45, 2.75) is 31.3 Å². The molecule has 2 unspecified atom stereocenters. The van der Waals surface area contributed by atoms with E-state index >= 15 is 0 Å². The largest absolute Gasteiger partial charge is 0.465 e. The zero-order chi connectivity index (χ0) is 22.6. The van der Waals surface area contributed by atoms with Crippen LogP contribution in [0.3, 0.4) is 0 Å². The summed E-state index contributed by atoms with van der Waals surface area (Å²) in [7, 11) is 0. The Bertz CT molecular complexity index is 1010. The lowest BCUT2D eigenvalue weighted by Gasteiger charge is -2.21. The Kier molecular flexibility index (Phi) is 8.57. The number of rotatable bonds is 10. The summed E-state index contributed by atoms with van der Waals surface area (Å²) in [4.78, 5) is 28.6. The van der Waals surface area contributed by atoms with Crippen molar-refractivity contribution in [3.63, 3.8) is 0 Å². The highest BCUT2D eigenvalue weighted by Gasteiger charge is 2.23. The Labute approximate surface area is 188 Å². The fourth-order valence-corrected chi connectivity index (χ4v) is 3.36.